The first-order chi connectivity index (χ1) is 6.66. The van der Waals surface area contributed by atoms with Crippen LogP contribution in [0.1, 0.15) is 26.2 Å². The Hall–Kier alpha value is -1.08. The molecular formula is C10H16N2O2. The van der Waals surface area contributed by atoms with E-state index < -0.39 is 12.0 Å². The van der Waals surface area contributed by atoms with Gasteiger partial charge in [-0.15, -0.1) is 0 Å². The molecule has 2 atom stereocenters. The molecule has 0 aromatic rings. The van der Waals surface area contributed by atoms with E-state index >= 15 is 0 Å². The minimum atomic E-state index is -0.755. The second kappa shape index (κ2) is 4.97. The molecule has 0 saturated carbocycles. The highest BCUT2D eigenvalue weighted by molar-refractivity contribution is 5.74. The SMILES string of the molecule is CC1CCCN(CCC#N)C1C(=O)O. The van der Waals surface area contributed by atoms with Gasteiger partial charge < -0.3 is 5.11 Å². The first-order valence-electron chi connectivity index (χ1n) is 5.00. The molecule has 0 aromatic carbocycles. The summed E-state index contributed by atoms with van der Waals surface area (Å²) < 4.78 is 0. The lowest BCUT2D eigenvalue weighted by molar-refractivity contribution is -0.146. The minimum Gasteiger partial charge on any atom is -0.480 e. The van der Waals surface area contributed by atoms with Crippen LogP contribution in [-0.4, -0.2) is 35.1 Å². The molecule has 1 fully saturated rings. The second-order valence-corrected chi connectivity index (χ2v) is 3.85. The monoisotopic (exact) mass is 196 g/mol. The van der Waals surface area contributed by atoms with Gasteiger partial charge in [-0.05, 0) is 25.3 Å². The Bertz CT molecular complexity index is 247. The molecule has 1 aliphatic heterocycles. The van der Waals surface area contributed by atoms with Gasteiger partial charge in [0, 0.05) is 13.0 Å². The summed E-state index contributed by atoms with van der Waals surface area (Å²) in [6, 6.07) is 1.66. The molecule has 78 valence electrons. The normalized spacial score (nSPS) is 28.3. The second-order valence-electron chi connectivity index (χ2n) is 3.85. The number of likely N-dealkylation sites (tertiary alicyclic amines) is 1. The zero-order valence-electron chi connectivity index (χ0n) is 8.44. The Balaban J connectivity index is 2.61. The summed E-state index contributed by atoms with van der Waals surface area (Å²) in [5, 5.41) is 17.5. The number of aliphatic carboxylic acids is 1. The maximum absolute atomic E-state index is 11.0. The van der Waals surface area contributed by atoms with Crippen LogP contribution in [0.15, 0.2) is 0 Å². The van der Waals surface area contributed by atoms with E-state index in [0.29, 0.717) is 13.0 Å². The van der Waals surface area contributed by atoms with Crippen LogP contribution in [0.2, 0.25) is 0 Å². The summed E-state index contributed by atoms with van der Waals surface area (Å²) >= 11 is 0. The average Bonchev–Trinajstić information content (AvgIpc) is 2.14. The van der Waals surface area contributed by atoms with Crippen molar-refractivity contribution in [2.75, 3.05) is 13.1 Å². The van der Waals surface area contributed by atoms with Crippen LogP contribution in [0.3, 0.4) is 0 Å². The van der Waals surface area contributed by atoms with E-state index in [9.17, 15) is 4.79 Å². The highest BCUT2D eigenvalue weighted by Crippen LogP contribution is 2.23. The van der Waals surface area contributed by atoms with Gasteiger partial charge in [-0.1, -0.05) is 6.92 Å². The predicted molar refractivity (Wildman–Crippen MR) is 51.6 cm³/mol. The fraction of sp³-hybridized carbons (Fsp3) is 0.800. The maximum Gasteiger partial charge on any atom is 0.321 e. The summed E-state index contributed by atoms with van der Waals surface area (Å²) in [5.41, 5.74) is 0. The fourth-order valence-corrected chi connectivity index (χ4v) is 2.12. The van der Waals surface area contributed by atoms with Gasteiger partial charge in [0.15, 0.2) is 0 Å². The van der Waals surface area contributed by atoms with Crippen molar-refractivity contribution in [3.63, 3.8) is 0 Å². The molecule has 1 aliphatic rings. The molecular weight excluding hydrogens is 180 g/mol. The van der Waals surface area contributed by atoms with Crippen molar-refractivity contribution < 1.29 is 9.90 Å². The van der Waals surface area contributed by atoms with Crippen molar-refractivity contribution in [2.24, 2.45) is 5.92 Å². The number of piperidine rings is 1. The molecule has 1 saturated heterocycles. The first kappa shape index (κ1) is 11.0. The Morgan fingerprint density at radius 1 is 1.71 bits per heavy atom. The summed E-state index contributed by atoms with van der Waals surface area (Å²) in [4.78, 5) is 12.9. The van der Waals surface area contributed by atoms with Gasteiger partial charge >= 0.3 is 5.97 Å². The van der Waals surface area contributed by atoms with Crippen molar-refractivity contribution in [1.29, 1.82) is 5.26 Å². The summed E-state index contributed by atoms with van der Waals surface area (Å²) in [6.45, 7) is 3.36. The molecule has 0 spiro atoms. The van der Waals surface area contributed by atoms with Crippen LogP contribution in [0, 0.1) is 17.2 Å². The Kier molecular flexibility index (Phi) is 3.90. The number of carbonyl (C=O) groups is 1. The molecule has 0 aliphatic carbocycles. The van der Waals surface area contributed by atoms with Gasteiger partial charge in [0.1, 0.15) is 6.04 Å². The maximum atomic E-state index is 11.0. The van der Waals surface area contributed by atoms with Crippen LogP contribution >= 0.6 is 0 Å². The van der Waals surface area contributed by atoms with Crippen LogP contribution in [0.5, 0.6) is 0 Å². The molecule has 2 unspecified atom stereocenters. The van der Waals surface area contributed by atoms with Gasteiger partial charge in [-0.25, -0.2) is 0 Å². The number of nitrogens with zero attached hydrogens (tertiary/aromatic N) is 2. The van der Waals surface area contributed by atoms with Crippen molar-refractivity contribution in [2.45, 2.75) is 32.2 Å². The number of nitriles is 1. The van der Waals surface area contributed by atoms with Crippen molar-refractivity contribution >= 4 is 5.97 Å². The van der Waals surface area contributed by atoms with E-state index in [4.69, 9.17) is 10.4 Å². The Morgan fingerprint density at radius 3 is 3.00 bits per heavy atom. The van der Waals surface area contributed by atoms with Gasteiger partial charge in [0.05, 0.1) is 6.07 Å². The quantitative estimate of drug-likeness (QED) is 0.733. The van der Waals surface area contributed by atoms with Crippen LogP contribution in [-0.2, 0) is 4.79 Å². The summed E-state index contributed by atoms with van der Waals surface area (Å²) in [5.74, 6) is -0.560. The average molecular weight is 196 g/mol. The molecule has 14 heavy (non-hydrogen) atoms. The third kappa shape index (κ3) is 2.46. The molecule has 0 aromatic heterocycles. The molecule has 0 radical (unpaired) electrons. The molecule has 1 heterocycles. The van der Waals surface area contributed by atoms with Crippen LogP contribution < -0.4 is 0 Å². The van der Waals surface area contributed by atoms with E-state index in [0.717, 1.165) is 19.4 Å². The molecule has 4 nitrogen and oxygen atoms in total. The van der Waals surface area contributed by atoms with Crippen LogP contribution in [0.4, 0.5) is 0 Å². The lowest BCUT2D eigenvalue weighted by Crippen LogP contribution is -2.49. The summed E-state index contributed by atoms with van der Waals surface area (Å²) in [6.07, 6.45) is 2.42. The van der Waals surface area contributed by atoms with E-state index in [1.54, 1.807) is 0 Å². The standard InChI is InChI=1S/C10H16N2O2/c1-8-4-2-6-12(7-3-5-11)9(8)10(13)14/h8-9H,2-4,6-7H2,1H3,(H,13,14). The van der Waals surface area contributed by atoms with Crippen molar-refractivity contribution in [3.05, 3.63) is 0 Å². The highest BCUT2D eigenvalue weighted by atomic mass is 16.4. The van der Waals surface area contributed by atoms with Crippen LogP contribution in [0.25, 0.3) is 0 Å². The predicted octanol–water partition coefficient (Wildman–Crippen LogP) is 1.09. The van der Waals surface area contributed by atoms with Gasteiger partial charge in [0.25, 0.3) is 0 Å². The van der Waals surface area contributed by atoms with Crippen molar-refractivity contribution in [1.82, 2.24) is 4.90 Å². The molecule has 1 rings (SSSR count). The zero-order chi connectivity index (χ0) is 10.6. The van der Waals surface area contributed by atoms with E-state index in [-0.39, 0.29) is 5.92 Å². The number of carboxylic acids is 1. The molecule has 0 amide bonds. The minimum absolute atomic E-state index is 0.194. The first-order valence-corrected chi connectivity index (χ1v) is 5.00. The summed E-state index contributed by atoms with van der Waals surface area (Å²) in [7, 11) is 0. The molecule has 1 N–H and O–H groups in total. The Morgan fingerprint density at radius 2 is 2.43 bits per heavy atom. The topological polar surface area (TPSA) is 64.3 Å². The van der Waals surface area contributed by atoms with E-state index in [1.807, 2.05) is 11.8 Å². The lowest BCUT2D eigenvalue weighted by Gasteiger charge is -2.36. The Labute approximate surface area is 84.1 Å². The van der Waals surface area contributed by atoms with Gasteiger partial charge in [0.2, 0.25) is 0 Å². The van der Waals surface area contributed by atoms with Gasteiger partial charge in [-0.2, -0.15) is 5.26 Å². The lowest BCUT2D eigenvalue weighted by atomic mass is 9.91. The largest absolute Gasteiger partial charge is 0.480 e. The number of rotatable bonds is 3. The van der Waals surface area contributed by atoms with E-state index in [2.05, 4.69) is 6.07 Å². The number of carboxylic acid groups (broad SMARTS) is 1. The number of hydrogen-bond acceptors (Lipinski definition) is 3. The van der Waals surface area contributed by atoms with E-state index in [1.165, 1.54) is 0 Å². The molecule has 4 heteroatoms. The third-order valence-electron chi connectivity index (χ3n) is 2.80. The van der Waals surface area contributed by atoms with Gasteiger partial charge in [-0.3, -0.25) is 9.69 Å². The highest BCUT2D eigenvalue weighted by Gasteiger charge is 2.33. The smallest absolute Gasteiger partial charge is 0.321 e. The third-order valence-corrected chi connectivity index (χ3v) is 2.80. The number of hydrogen-bond donors (Lipinski definition) is 1. The van der Waals surface area contributed by atoms with Crippen molar-refractivity contribution in [3.8, 4) is 6.07 Å². The molecule has 0 bridgehead atoms. The zero-order valence-corrected chi connectivity index (χ0v) is 8.44. The fourth-order valence-electron chi connectivity index (χ4n) is 2.12.